The highest BCUT2D eigenvalue weighted by molar-refractivity contribution is 6.29. The molecule has 0 fully saturated rings. The number of carbonyl (C=O) groups is 1. The summed E-state index contributed by atoms with van der Waals surface area (Å²) in [4.78, 5) is 13.3. The molecule has 0 aliphatic carbocycles. The van der Waals surface area contributed by atoms with Gasteiger partial charge in [0.05, 0.1) is 6.61 Å². The molecule has 0 unspecified atom stereocenters. The lowest BCUT2D eigenvalue weighted by molar-refractivity contribution is -0.116. The topological polar surface area (TPSA) is 29.5 Å². The molecule has 0 bridgehead atoms. The van der Waals surface area contributed by atoms with E-state index in [0.717, 1.165) is 5.69 Å². The van der Waals surface area contributed by atoms with Crippen LogP contribution in [-0.2, 0) is 9.53 Å². The van der Waals surface area contributed by atoms with E-state index in [9.17, 15) is 4.79 Å². The van der Waals surface area contributed by atoms with Gasteiger partial charge in [0.15, 0.2) is 0 Å². The molecule has 88 valence electrons. The number of anilines is 1. The zero-order valence-corrected chi connectivity index (χ0v) is 10.1. The monoisotopic (exact) mass is 241 g/mol. The summed E-state index contributed by atoms with van der Waals surface area (Å²) in [5.41, 5.74) is 0.854. The van der Waals surface area contributed by atoms with E-state index in [-0.39, 0.29) is 11.8 Å². The molecule has 0 aromatic heterocycles. The summed E-state index contributed by atoms with van der Waals surface area (Å²) in [6.07, 6.45) is 0. The molecule has 0 aliphatic heterocycles. The number of carbonyl (C=O) groups excluding carboxylic acids is 1. The third-order valence-electron chi connectivity index (χ3n) is 2.15. The minimum atomic E-state index is -0.104. The van der Waals surface area contributed by atoms with E-state index < -0.39 is 0 Å². The maximum absolute atomic E-state index is 11.6. The van der Waals surface area contributed by atoms with Crippen LogP contribution in [0.15, 0.2) is 30.3 Å². The quantitative estimate of drug-likeness (QED) is 0.565. The molecule has 0 N–H and O–H groups in total. The molecule has 1 aromatic rings. The fourth-order valence-corrected chi connectivity index (χ4v) is 1.52. The van der Waals surface area contributed by atoms with Gasteiger partial charge in [0.1, 0.15) is 5.88 Å². The number of ether oxygens (including phenoxy) is 1. The van der Waals surface area contributed by atoms with Crippen molar-refractivity contribution in [3.05, 3.63) is 30.3 Å². The van der Waals surface area contributed by atoms with Crippen LogP contribution in [0, 0.1) is 0 Å². The molecule has 1 rings (SSSR count). The first-order valence-corrected chi connectivity index (χ1v) is 5.82. The lowest BCUT2D eigenvalue weighted by atomic mass is 10.3. The second-order valence-electron chi connectivity index (χ2n) is 3.21. The van der Waals surface area contributed by atoms with Crippen LogP contribution >= 0.6 is 11.6 Å². The average Bonchev–Trinajstić information content (AvgIpc) is 2.35. The summed E-state index contributed by atoms with van der Waals surface area (Å²) in [6, 6.07) is 9.47. The largest absolute Gasteiger partial charge is 0.380 e. The SMILES string of the molecule is CCOCCN(C(=O)CCl)c1ccccc1. The summed E-state index contributed by atoms with van der Waals surface area (Å²) in [5.74, 6) is -0.117. The van der Waals surface area contributed by atoms with Crippen molar-refractivity contribution in [3.63, 3.8) is 0 Å². The summed E-state index contributed by atoms with van der Waals surface area (Å²) < 4.78 is 5.24. The number of alkyl halides is 1. The Morgan fingerprint density at radius 2 is 2.06 bits per heavy atom. The van der Waals surface area contributed by atoms with Crippen molar-refractivity contribution in [2.45, 2.75) is 6.92 Å². The van der Waals surface area contributed by atoms with Gasteiger partial charge in [-0.15, -0.1) is 11.6 Å². The van der Waals surface area contributed by atoms with Crippen molar-refractivity contribution in [2.75, 3.05) is 30.5 Å². The van der Waals surface area contributed by atoms with Gasteiger partial charge in [-0.25, -0.2) is 0 Å². The van der Waals surface area contributed by atoms with Gasteiger partial charge in [-0.05, 0) is 19.1 Å². The first-order valence-electron chi connectivity index (χ1n) is 5.28. The fourth-order valence-electron chi connectivity index (χ4n) is 1.38. The third kappa shape index (κ3) is 3.83. The van der Waals surface area contributed by atoms with Crippen molar-refractivity contribution >= 4 is 23.2 Å². The van der Waals surface area contributed by atoms with Crippen molar-refractivity contribution in [2.24, 2.45) is 0 Å². The minimum Gasteiger partial charge on any atom is -0.380 e. The number of hydrogen-bond acceptors (Lipinski definition) is 2. The van der Waals surface area contributed by atoms with Crippen LogP contribution < -0.4 is 4.90 Å². The van der Waals surface area contributed by atoms with Gasteiger partial charge >= 0.3 is 0 Å². The molecule has 0 saturated heterocycles. The third-order valence-corrected chi connectivity index (χ3v) is 2.38. The molecule has 0 heterocycles. The highest BCUT2D eigenvalue weighted by Gasteiger charge is 2.13. The number of hydrogen-bond donors (Lipinski definition) is 0. The second-order valence-corrected chi connectivity index (χ2v) is 3.48. The van der Waals surface area contributed by atoms with Crippen molar-refractivity contribution < 1.29 is 9.53 Å². The Kier molecular flexibility index (Phi) is 5.90. The fraction of sp³-hybridized carbons (Fsp3) is 0.417. The normalized spacial score (nSPS) is 10.1. The molecule has 0 spiro atoms. The molecule has 16 heavy (non-hydrogen) atoms. The molecular formula is C12H16ClNO2. The van der Waals surface area contributed by atoms with Crippen molar-refractivity contribution in [1.29, 1.82) is 0 Å². The summed E-state index contributed by atoms with van der Waals surface area (Å²) >= 11 is 5.58. The number of para-hydroxylation sites is 1. The number of nitrogens with zero attached hydrogens (tertiary/aromatic N) is 1. The molecule has 4 heteroatoms. The average molecular weight is 242 g/mol. The zero-order valence-electron chi connectivity index (χ0n) is 9.36. The van der Waals surface area contributed by atoms with Gasteiger partial charge < -0.3 is 9.64 Å². The molecule has 0 atom stereocenters. The Hall–Kier alpha value is -1.06. The molecule has 3 nitrogen and oxygen atoms in total. The van der Waals surface area contributed by atoms with Gasteiger partial charge in [-0.1, -0.05) is 18.2 Å². The smallest absolute Gasteiger partial charge is 0.241 e. The summed E-state index contributed by atoms with van der Waals surface area (Å²) in [6.45, 7) is 3.63. The number of rotatable bonds is 6. The van der Waals surface area contributed by atoms with Crippen molar-refractivity contribution in [3.8, 4) is 0 Å². The predicted molar refractivity (Wildman–Crippen MR) is 66.0 cm³/mol. The molecule has 0 radical (unpaired) electrons. The van der Waals surface area contributed by atoms with Crippen LogP contribution in [0.4, 0.5) is 5.69 Å². The Bertz CT molecular complexity index is 316. The van der Waals surface area contributed by atoms with Gasteiger partial charge in [0.2, 0.25) is 5.91 Å². The standard InChI is InChI=1S/C12H16ClNO2/c1-2-16-9-8-14(12(15)10-13)11-6-4-3-5-7-11/h3-7H,2,8-10H2,1H3. The number of benzene rings is 1. The molecule has 1 aromatic carbocycles. The second kappa shape index (κ2) is 7.25. The Labute approximate surface area is 101 Å². The van der Waals surface area contributed by atoms with Crippen LogP contribution in [0.25, 0.3) is 0 Å². The van der Waals surface area contributed by atoms with Gasteiger partial charge in [0, 0.05) is 18.8 Å². The molecule has 0 saturated carbocycles. The number of halogens is 1. The van der Waals surface area contributed by atoms with Crippen LogP contribution in [0.2, 0.25) is 0 Å². The van der Waals surface area contributed by atoms with Gasteiger partial charge in [0.25, 0.3) is 0 Å². The van der Waals surface area contributed by atoms with E-state index in [2.05, 4.69) is 0 Å². The van der Waals surface area contributed by atoms with Crippen LogP contribution in [0.5, 0.6) is 0 Å². The summed E-state index contributed by atoms with van der Waals surface area (Å²) in [7, 11) is 0. The first kappa shape index (κ1) is 13.0. The first-order chi connectivity index (χ1) is 7.79. The van der Waals surface area contributed by atoms with Gasteiger partial charge in [-0.3, -0.25) is 4.79 Å². The van der Waals surface area contributed by atoms with E-state index in [4.69, 9.17) is 16.3 Å². The highest BCUT2D eigenvalue weighted by atomic mass is 35.5. The predicted octanol–water partition coefficient (Wildman–Crippen LogP) is 2.29. The molecule has 0 aliphatic rings. The summed E-state index contributed by atoms with van der Waals surface area (Å²) in [5, 5.41) is 0. The van der Waals surface area contributed by atoms with Crippen molar-refractivity contribution in [1.82, 2.24) is 0 Å². The van der Waals surface area contributed by atoms with Gasteiger partial charge in [-0.2, -0.15) is 0 Å². The Morgan fingerprint density at radius 1 is 1.38 bits per heavy atom. The molecule has 1 amide bonds. The lowest BCUT2D eigenvalue weighted by Crippen LogP contribution is -2.34. The lowest BCUT2D eigenvalue weighted by Gasteiger charge is -2.21. The number of amides is 1. The zero-order chi connectivity index (χ0) is 11.8. The van der Waals surface area contributed by atoms with E-state index in [1.54, 1.807) is 4.90 Å². The van der Waals surface area contributed by atoms with Crippen LogP contribution in [0.1, 0.15) is 6.92 Å². The Morgan fingerprint density at radius 3 is 2.62 bits per heavy atom. The molecular weight excluding hydrogens is 226 g/mol. The van der Waals surface area contributed by atoms with E-state index in [1.807, 2.05) is 37.3 Å². The van der Waals surface area contributed by atoms with E-state index in [1.165, 1.54) is 0 Å². The maximum atomic E-state index is 11.6. The maximum Gasteiger partial charge on any atom is 0.241 e. The Balaban J connectivity index is 2.68. The van der Waals surface area contributed by atoms with E-state index >= 15 is 0 Å². The minimum absolute atomic E-state index is 0.0129. The van der Waals surface area contributed by atoms with Crippen LogP contribution in [0.3, 0.4) is 0 Å². The highest BCUT2D eigenvalue weighted by Crippen LogP contribution is 2.13. The van der Waals surface area contributed by atoms with E-state index in [0.29, 0.717) is 19.8 Å². The van der Waals surface area contributed by atoms with Crippen LogP contribution in [-0.4, -0.2) is 31.5 Å².